The molecule has 2 N–H and O–H groups in total. The van der Waals surface area contributed by atoms with Gasteiger partial charge in [-0.25, -0.2) is 4.79 Å². The third-order valence-corrected chi connectivity index (χ3v) is 3.35. The Hall–Kier alpha value is -2.10. The van der Waals surface area contributed by atoms with E-state index in [0.717, 1.165) is 30.0 Å². The monoisotopic (exact) mass is 275 g/mol. The van der Waals surface area contributed by atoms with Crippen LogP contribution in [0.1, 0.15) is 48.2 Å². The molecule has 1 rings (SSSR count). The van der Waals surface area contributed by atoms with Crippen LogP contribution in [0.5, 0.6) is 0 Å². The molecule has 0 aromatic heterocycles. The normalized spacial score (nSPS) is 11.0. The van der Waals surface area contributed by atoms with Crippen LogP contribution in [0, 0.1) is 6.92 Å². The van der Waals surface area contributed by atoms with Crippen molar-refractivity contribution < 1.29 is 14.7 Å². The Morgan fingerprint density at radius 1 is 1.30 bits per heavy atom. The number of hydrogen-bond donors (Lipinski definition) is 2. The van der Waals surface area contributed by atoms with Crippen molar-refractivity contribution in [1.29, 1.82) is 0 Å². The molecule has 0 atom stereocenters. The molecular weight excluding hydrogens is 254 g/mol. The molecule has 1 aromatic rings. The predicted octanol–water partition coefficient (Wildman–Crippen LogP) is 3.01. The fraction of sp³-hybridized carbons (Fsp3) is 0.375. The van der Waals surface area contributed by atoms with Gasteiger partial charge in [-0.15, -0.1) is 0 Å². The van der Waals surface area contributed by atoms with Crippen LogP contribution < -0.4 is 5.32 Å². The van der Waals surface area contributed by atoms with Gasteiger partial charge in [-0.1, -0.05) is 26.0 Å². The second kappa shape index (κ2) is 7.48. The lowest BCUT2D eigenvalue weighted by Crippen LogP contribution is -2.34. The maximum atomic E-state index is 12.2. The molecule has 0 bridgehead atoms. The van der Waals surface area contributed by atoms with E-state index in [1.807, 2.05) is 20.8 Å². The van der Waals surface area contributed by atoms with Gasteiger partial charge in [0, 0.05) is 17.7 Å². The average molecular weight is 275 g/mol. The van der Waals surface area contributed by atoms with Crippen LogP contribution in [0.2, 0.25) is 0 Å². The minimum Gasteiger partial charge on any atom is -0.478 e. The number of benzene rings is 1. The second-order valence-electron chi connectivity index (χ2n) is 4.68. The van der Waals surface area contributed by atoms with E-state index in [4.69, 9.17) is 5.11 Å². The maximum Gasteiger partial charge on any atom is 0.328 e. The van der Waals surface area contributed by atoms with Crippen molar-refractivity contribution in [3.63, 3.8) is 0 Å². The first-order valence-corrected chi connectivity index (χ1v) is 6.81. The summed E-state index contributed by atoms with van der Waals surface area (Å²) in [4.78, 5) is 22.8. The highest BCUT2D eigenvalue weighted by atomic mass is 16.4. The van der Waals surface area contributed by atoms with Gasteiger partial charge in [-0.3, -0.25) is 4.79 Å². The summed E-state index contributed by atoms with van der Waals surface area (Å²) in [6.07, 6.45) is 4.36. The van der Waals surface area contributed by atoms with Crippen molar-refractivity contribution in [3.05, 3.63) is 41.0 Å². The van der Waals surface area contributed by atoms with Crippen LogP contribution in [-0.2, 0) is 4.79 Å². The number of carbonyl (C=O) groups is 2. The maximum absolute atomic E-state index is 12.2. The predicted molar refractivity (Wildman–Crippen MR) is 79.7 cm³/mol. The molecule has 0 heterocycles. The van der Waals surface area contributed by atoms with Crippen molar-refractivity contribution >= 4 is 18.0 Å². The van der Waals surface area contributed by atoms with Crippen LogP contribution in [0.3, 0.4) is 0 Å². The summed E-state index contributed by atoms with van der Waals surface area (Å²) in [6, 6.07) is 5.48. The molecule has 1 amide bonds. The van der Waals surface area contributed by atoms with Crippen molar-refractivity contribution in [2.45, 2.75) is 39.7 Å². The van der Waals surface area contributed by atoms with Crippen LogP contribution >= 0.6 is 0 Å². The standard InChI is InChI=1S/C16H21NO3/c1-4-13(5-2)17-16(20)14-8-6-7-12(11(14)3)9-10-15(18)19/h6-10,13H,4-5H2,1-3H3,(H,17,20)(H,18,19). The quantitative estimate of drug-likeness (QED) is 0.784. The summed E-state index contributed by atoms with van der Waals surface area (Å²) >= 11 is 0. The van der Waals surface area contributed by atoms with Gasteiger partial charge < -0.3 is 10.4 Å². The molecule has 1 aromatic carbocycles. The molecule has 4 heteroatoms. The third-order valence-electron chi connectivity index (χ3n) is 3.35. The summed E-state index contributed by atoms with van der Waals surface area (Å²) in [5.41, 5.74) is 2.11. The number of nitrogens with one attached hydrogen (secondary N) is 1. The Kier molecular flexibility index (Phi) is 5.97. The number of carbonyl (C=O) groups excluding carboxylic acids is 1. The molecule has 0 saturated heterocycles. The van der Waals surface area contributed by atoms with Crippen LogP contribution in [0.4, 0.5) is 0 Å². The number of hydrogen-bond acceptors (Lipinski definition) is 2. The highest BCUT2D eigenvalue weighted by Gasteiger charge is 2.13. The zero-order chi connectivity index (χ0) is 15.1. The van der Waals surface area contributed by atoms with Gasteiger partial charge in [0.15, 0.2) is 0 Å². The molecule has 0 fully saturated rings. The van der Waals surface area contributed by atoms with Crippen molar-refractivity contribution in [1.82, 2.24) is 5.32 Å². The zero-order valence-electron chi connectivity index (χ0n) is 12.1. The highest BCUT2D eigenvalue weighted by Crippen LogP contribution is 2.16. The molecule has 0 aliphatic carbocycles. The highest BCUT2D eigenvalue weighted by molar-refractivity contribution is 5.97. The molecule has 108 valence electrons. The fourth-order valence-electron chi connectivity index (χ4n) is 2.00. The van der Waals surface area contributed by atoms with Gasteiger partial charge in [-0.05, 0) is 43.0 Å². The Balaban J connectivity index is 2.99. The van der Waals surface area contributed by atoms with E-state index >= 15 is 0 Å². The van der Waals surface area contributed by atoms with Crippen LogP contribution in [0.15, 0.2) is 24.3 Å². The molecule has 0 radical (unpaired) electrons. The molecule has 0 spiro atoms. The number of rotatable bonds is 6. The summed E-state index contributed by atoms with van der Waals surface area (Å²) in [7, 11) is 0. The van der Waals surface area contributed by atoms with Gasteiger partial charge >= 0.3 is 5.97 Å². The smallest absolute Gasteiger partial charge is 0.328 e. The van der Waals surface area contributed by atoms with Crippen LogP contribution in [0.25, 0.3) is 6.08 Å². The van der Waals surface area contributed by atoms with E-state index in [0.29, 0.717) is 5.56 Å². The minimum absolute atomic E-state index is 0.109. The molecule has 0 aliphatic heterocycles. The van der Waals surface area contributed by atoms with E-state index in [-0.39, 0.29) is 11.9 Å². The van der Waals surface area contributed by atoms with Crippen LogP contribution in [-0.4, -0.2) is 23.0 Å². The SMILES string of the molecule is CCC(CC)NC(=O)c1cccc(C=CC(=O)O)c1C. The Bertz CT molecular complexity index is 516. The lowest BCUT2D eigenvalue weighted by atomic mass is 10.0. The number of carboxylic acid groups (broad SMARTS) is 1. The summed E-state index contributed by atoms with van der Waals surface area (Å²) in [6.45, 7) is 5.89. The van der Waals surface area contributed by atoms with E-state index in [9.17, 15) is 9.59 Å². The minimum atomic E-state index is -1.00. The van der Waals surface area contributed by atoms with E-state index in [1.165, 1.54) is 6.08 Å². The lowest BCUT2D eigenvalue weighted by molar-refractivity contribution is -0.131. The van der Waals surface area contributed by atoms with Gasteiger partial charge in [0.2, 0.25) is 0 Å². The lowest BCUT2D eigenvalue weighted by Gasteiger charge is -2.16. The van der Waals surface area contributed by atoms with Crippen molar-refractivity contribution in [2.24, 2.45) is 0 Å². The first-order valence-electron chi connectivity index (χ1n) is 6.81. The van der Waals surface area contributed by atoms with E-state index < -0.39 is 5.97 Å². The Morgan fingerprint density at radius 2 is 1.95 bits per heavy atom. The Labute approximate surface area is 119 Å². The number of aliphatic carboxylic acids is 1. The van der Waals surface area contributed by atoms with E-state index in [2.05, 4.69) is 5.32 Å². The van der Waals surface area contributed by atoms with E-state index in [1.54, 1.807) is 18.2 Å². The number of carboxylic acids is 1. The molecule has 4 nitrogen and oxygen atoms in total. The average Bonchev–Trinajstić information content (AvgIpc) is 2.43. The van der Waals surface area contributed by atoms with Crippen molar-refractivity contribution in [3.8, 4) is 0 Å². The first kappa shape index (κ1) is 16.0. The molecular formula is C16H21NO3. The summed E-state index contributed by atoms with van der Waals surface area (Å²) < 4.78 is 0. The molecule has 0 saturated carbocycles. The van der Waals surface area contributed by atoms with Gasteiger partial charge in [-0.2, -0.15) is 0 Å². The largest absolute Gasteiger partial charge is 0.478 e. The zero-order valence-corrected chi connectivity index (χ0v) is 12.1. The fourth-order valence-corrected chi connectivity index (χ4v) is 2.00. The topological polar surface area (TPSA) is 66.4 Å². The summed E-state index contributed by atoms with van der Waals surface area (Å²) in [5, 5.41) is 11.6. The van der Waals surface area contributed by atoms with Gasteiger partial charge in [0.05, 0.1) is 0 Å². The second-order valence-corrected chi connectivity index (χ2v) is 4.68. The number of amides is 1. The Morgan fingerprint density at radius 3 is 2.50 bits per heavy atom. The van der Waals surface area contributed by atoms with Crippen molar-refractivity contribution in [2.75, 3.05) is 0 Å². The van der Waals surface area contributed by atoms with Gasteiger partial charge in [0.25, 0.3) is 5.91 Å². The first-order chi connectivity index (χ1) is 9.49. The molecule has 20 heavy (non-hydrogen) atoms. The molecule has 0 unspecified atom stereocenters. The molecule has 0 aliphatic rings. The summed E-state index contributed by atoms with van der Waals surface area (Å²) in [5.74, 6) is -1.11. The van der Waals surface area contributed by atoms with Gasteiger partial charge in [0.1, 0.15) is 0 Å². The third kappa shape index (κ3) is 4.23.